The first kappa shape index (κ1) is 21.9. The lowest BCUT2D eigenvalue weighted by molar-refractivity contribution is 0.563. The molecule has 0 radical (unpaired) electrons. The number of fused-ring (bicyclic) bond motifs is 1. The van der Waals surface area contributed by atoms with E-state index in [-0.39, 0.29) is 16.4 Å². The monoisotopic (exact) mass is 488 g/mol. The maximum Gasteiger partial charge on any atom is 0.345 e. The van der Waals surface area contributed by atoms with E-state index in [1.165, 1.54) is 16.8 Å². The molecule has 0 aliphatic rings. The summed E-state index contributed by atoms with van der Waals surface area (Å²) in [7, 11) is -3.97. The van der Waals surface area contributed by atoms with Crippen molar-refractivity contribution in [2.75, 3.05) is 0 Å². The van der Waals surface area contributed by atoms with Crippen molar-refractivity contribution in [3.63, 3.8) is 0 Å². The highest BCUT2D eigenvalue weighted by Gasteiger charge is 2.23. The topological polar surface area (TPSA) is 82.2 Å². The molecule has 0 aliphatic carbocycles. The second-order valence-electron chi connectivity index (χ2n) is 7.50. The average molecular weight is 489 g/mol. The third-order valence-corrected chi connectivity index (χ3v) is 6.70. The molecular weight excluding hydrogens is 472 g/mol. The smallest absolute Gasteiger partial charge is 0.345 e. The summed E-state index contributed by atoms with van der Waals surface area (Å²) in [5.41, 5.74) is 1.37. The minimum atomic E-state index is -3.97. The highest BCUT2D eigenvalue weighted by molar-refractivity contribution is 7.94. The molecule has 0 atom stereocenters. The Morgan fingerprint density at radius 1 is 0.912 bits per heavy atom. The summed E-state index contributed by atoms with van der Waals surface area (Å²) >= 11 is 6.08. The molecule has 0 N–H and O–H groups in total. The van der Waals surface area contributed by atoms with Crippen molar-refractivity contribution < 1.29 is 12.8 Å². The Bertz CT molecular complexity index is 1690. The van der Waals surface area contributed by atoms with Crippen molar-refractivity contribution in [2.24, 2.45) is 0 Å². The van der Waals surface area contributed by atoms with Gasteiger partial charge in [0.2, 0.25) is 15.0 Å². The van der Waals surface area contributed by atoms with Gasteiger partial charge in [0.15, 0.2) is 0 Å². The van der Waals surface area contributed by atoms with E-state index in [0.717, 1.165) is 11.0 Å². The fourth-order valence-electron chi connectivity index (χ4n) is 3.53. The summed E-state index contributed by atoms with van der Waals surface area (Å²) in [6.07, 6.45) is 3.02. The molecule has 2 heterocycles. The zero-order valence-corrected chi connectivity index (χ0v) is 19.2. The van der Waals surface area contributed by atoms with Gasteiger partial charge in [-0.05, 0) is 48.0 Å². The van der Waals surface area contributed by atoms with Crippen LogP contribution in [0.1, 0.15) is 5.56 Å². The van der Waals surface area contributed by atoms with Gasteiger partial charge in [-0.15, -0.1) is 0 Å². The highest BCUT2D eigenvalue weighted by Crippen LogP contribution is 2.27. The number of imidazole rings is 1. The maximum atomic E-state index is 13.3. The number of rotatable bonds is 5. The van der Waals surface area contributed by atoms with Crippen LogP contribution in [0.4, 0.5) is 0 Å². The fourth-order valence-corrected chi connectivity index (χ4v) is 4.83. The summed E-state index contributed by atoms with van der Waals surface area (Å²) < 4.78 is 33.5. The van der Waals surface area contributed by atoms with E-state index in [9.17, 15) is 13.2 Å². The fraction of sp³-hybridized carbons (Fsp3) is 0. The van der Waals surface area contributed by atoms with E-state index in [0.29, 0.717) is 21.7 Å². The van der Waals surface area contributed by atoms with Crippen LogP contribution in [0.2, 0.25) is 5.02 Å². The molecular formula is C26H17ClN2O4S. The highest BCUT2D eigenvalue weighted by atomic mass is 35.5. The molecule has 6 nitrogen and oxygen atoms in total. The molecule has 3 aromatic carbocycles. The molecule has 0 bridgehead atoms. The van der Waals surface area contributed by atoms with Crippen LogP contribution in [-0.2, 0) is 9.84 Å². The van der Waals surface area contributed by atoms with Gasteiger partial charge in [0.05, 0.1) is 11.3 Å². The number of benzene rings is 3. The summed E-state index contributed by atoms with van der Waals surface area (Å²) in [5, 5.41) is 1.98. The molecule has 0 aliphatic heterocycles. The van der Waals surface area contributed by atoms with E-state index in [2.05, 4.69) is 4.98 Å². The Morgan fingerprint density at radius 2 is 1.62 bits per heavy atom. The number of aromatic nitrogens is 2. The van der Waals surface area contributed by atoms with Gasteiger partial charge in [-0.3, -0.25) is 4.57 Å². The van der Waals surface area contributed by atoms with Crippen LogP contribution in [-0.4, -0.2) is 18.0 Å². The quantitative estimate of drug-likeness (QED) is 0.294. The van der Waals surface area contributed by atoms with E-state index in [1.807, 2.05) is 24.3 Å². The van der Waals surface area contributed by atoms with E-state index in [1.54, 1.807) is 60.7 Å². The van der Waals surface area contributed by atoms with Crippen LogP contribution in [0.3, 0.4) is 0 Å². The van der Waals surface area contributed by atoms with Crippen molar-refractivity contribution in [2.45, 2.75) is 5.16 Å². The normalized spacial score (nSPS) is 11.9. The van der Waals surface area contributed by atoms with E-state index >= 15 is 0 Å². The van der Waals surface area contributed by atoms with Gasteiger partial charge in [0.1, 0.15) is 5.58 Å². The second kappa shape index (κ2) is 8.78. The minimum absolute atomic E-state index is 0.132. The molecule has 0 saturated heterocycles. The minimum Gasteiger partial charge on any atom is -0.422 e. The van der Waals surface area contributed by atoms with Crippen LogP contribution >= 0.6 is 11.6 Å². The molecule has 168 valence electrons. The van der Waals surface area contributed by atoms with Gasteiger partial charge in [-0.1, -0.05) is 60.1 Å². The van der Waals surface area contributed by atoms with Crippen molar-refractivity contribution in [3.8, 4) is 16.9 Å². The largest absolute Gasteiger partial charge is 0.422 e. The van der Waals surface area contributed by atoms with Gasteiger partial charge in [-0.25, -0.2) is 18.2 Å². The first-order chi connectivity index (χ1) is 16.4. The molecule has 0 unspecified atom stereocenters. The lowest BCUT2D eigenvalue weighted by atomic mass is 10.1. The summed E-state index contributed by atoms with van der Waals surface area (Å²) in [5.74, 6) is 0. The number of halogens is 1. The Hall–Kier alpha value is -3.94. The molecule has 0 spiro atoms. The molecule has 2 aromatic heterocycles. The standard InChI is InChI=1S/C26H17ClN2O4S/c27-20-11-12-24-19(15-20)16-22(25(30)33-24)23-17-29(21-9-5-2-6-10-21)26(28-23)34(31,32)14-13-18-7-3-1-4-8-18/h1-17H/b14-13-. The summed E-state index contributed by atoms with van der Waals surface area (Å²) in [6, 6.07) is 24.5. The van der Waals surface area contributed by atoms with Crippen LogP contribution < -0.4 is 5.63 Å². The number of hydrogen-bond donors (Lipinski definition) is 0. The molecule has 5 rings (SSSR count). The van der Waals surface area contributed by atoms with Crippen molar-refractivity contribution >= 4 is 38.5 Å². The molecule has 34 heavy (non-hydrogen) atoms. The van der Waals surface area contributed by atoms with E-state index in [4.69, 9.17) is 16.0 Å². The van der Waals surface area contributed by atoms with Gasteiger partial charge < -0.3 is 4.42 Å². The Balaban J connectivity index is 1.68. The van der Waals surface area contributed by atoms with Crippen molar-refractivity contribution in [1.29, 1.82) is 0 Å². The van der Waals surface area contributed by atoms with E-state index < -0.39 is 15.5 Å². The first-order valence-electron chi connectivity index (χ1n) is 10.3. The predicted octanol–water partition coefficient (Wildman–Crippen LogP) is 5.74. The number of para-hydroxylation sites is 1. The molecule has 0 fully saturated rings. The molecule has 0 saturated carbocycles. The van der Waals surface area contributed by atoms with Crippen LogP contribution in [0, 0.1) is 0 Å². The summed E-state index contributed by atoms with van der Waals surface area (Å²) in [6.45, 7) is 0. The summed E-state index contributed by atoms with van der Waals surface area (Å²) in [4.78, 5) is 17.1. The zero-order chi connectivity index (χ0) is 23.7. The molecule has 0 amide bonds. The third kappa shape index (κ3) is 4.31. The SMILES string of the molecule is O=c1oc2ccc(Cl)cc2cc1-c1cn(-c2ccccc2)c(S(=O)(=O)/C=C\c2ccccc2)n1. The van der Waals surface area contributed by atoms with Gasteiger partial charge in [-0.2, -0.15) is 0 Å². The van der Waals surface area contributed by atoms with Gasteiger partial charge >= 0.3 is 5.63 Å². The van der Waals surface area contributed by atoms with Crippen LogP contribution in [0.15, 0.2) is 111 Å². The van der Waals surface area contributed by atoms with Crippen LogP contribution in [0.25, 0.3) is 34.0 Å². The lowest BCUT2D eigenvalue weighted by Gasteiger charge is -2.06. The Labute approximate surface area is 200 Å². The van der Waals surface area contributed by atoms with Gasteiger partial charge in [0, 0.05) is 27.7 Å². The third-order valence-electron chi connectivity index (χ3n) is 5.17. The zero-order valence-electron chi connectivity index (χ0n) is 17.6. The number of nitrogens with zero attached hydrogens (tertiary/aromatic N) is 2. The molecule has 8 heteroatoms. The first-order valence-corrected chi connectivity index (χ1v) is 12.2. The van der Waals surface area contributed by atoms with Gasteiger partial charge in [0.25, 0.3) is 0 Å². The number of hydrogen-bond acceptors (Lipinski definition) is 5. The molecule has 5 aromatic rings. The maximum absolute atomic E-state index is 13.3. The Kier molecular flexibility index (Phi) is 5.65. The average Bonchev–Trinajstić information content (AvgIpc) is 3.30. The van der Waals surface area contributed by atoms with Crippen LogP contribution in [0.5, 0.6) is 0 Å². The second-order valence-corrected chi connectivity index (χ2v) is 9.67. The van der Waals surface area contributed by atoms with Crippen molar-refractivity contribution in [1.82, 2.24) is 9.55 Å². The Morgan fingerprint density at radius 3 is 2.35 bits per heavy atom. The van der Waals surface area contributed by atoms with Crippen molar-refractivity contribution in [3.05, 3.63) is 118 Å². The predicted molar refractivity (Wildman–Crippen MR) is 133 cm³/mol. The lowest BCUT2D eigenvalue weighted by Crippen LogP contribution is -2.06. The number of sulfone groups is 1.